The summed E-state index contributed by atoms with van der Waals surface area (Å²) in [5, 5.41) is 2.80. The summed E-state index contributed by atoms with van der Waals surface area (Å²) in [5.74, 6) is 0.496. The van der Waals surface area contributed by atoms with Gasteiger partial charge in [0.05, 0.1) is 24.8 Å². The van der Waals surface area contributed by atoms with Crippen molar-refractivity contribution in [3.05, 3.63) is 70.8 Å². The van der Waals surface area contributed by atoms with Crippen LogP contribution >= 0.6 is 0 Å². The van der Waals surface area contributed by atoms with E-state index in [2.05, 4.69) is 25.2 Å². The molecule has 2 aromatic carbocycles. The average molecular weight is 405 g/mol. The molecular formula is C25H28N2O3. The van der Waals surface area contributed by atoms with Gasteiger partial charge in [-0.15, -0.1) is 0 Å². The van der Waals surface area contributed by atoms with Crippen molar-refractivity contribution in [1.29, 1.82) is 0 Å². The van der Waals surface area contributed by atoms with Crippen molar-refractivity contribution < 1.29 is 14.3 Å². The Bertz CT molecular complexity index is 1040. The predicted molar refractivity (Wildman–Crippen MR) is 121 cm³/mol. The number of rotatable bonds is 6. The molecule has 30 heavy (non-hydrogen) atoms. The van der Waals surface area contributed by atoms with Crippen LogP contribution in [0.4, 0.5) is 5.69 Å². The largest absolute Gasteiger partial charge is 0.497 e. The van der Waals surface area contributed by atoms with E-state index in [4.69, 9.17) is 9.73 Å². The lowest BCUT2D eigenvalue weighted by Crippen LogP contribution is -2.30. The SMILES string of the molecule is COc1ccc2c(c1)C(CC(=O)c1cccc(NC(=O)C=C(C)C)c1)=NC(C)(C)C2. The molecule has 1 N–H and O–H groups in total. The van der Waals surface area contributed by atoms with Gasteiger partial charge in [-0.3, -0.25) is 14.6 Å². The van der Waals surface area contributed by atoms with Crippen LogP contribution in [-0.4, -0.2) is 30.1 Å². The van der Waals surface area contributed by atoms with Crippen molar-refractivity contribution in [3.63, 3.8) is 0 Å². The van der Waals surface area contributed by atoms with Crippen LogP contribution in [-0.2, 0) is 11.2 Å². The monoisotopic (exact) mass is 404 g/mol. The van der Waals surface area contributed by atoms with Gasteiger partial charge in [-0.2, -0.15) is 0 Å². The Morgan fingerprint density at radius 1 is 1.17 bits per heavy atom. The Balaban J connectivity index is 1.85. The molecule has 0 saturated carbocycles. The molecule has 156 valence electrons. The lowest BCUT2D eigenvalue weighted by Gasteiger charge is -2.29. The standard InChI is InChI=1S/C25H28N2O3/c1-16(2)11-24(29)26-19-8-6-7-17(12-19)23(28)14-22-21-13-20(30-5)10-9-18(21)15-25(3,4)27-22/h6-13H,14-15H2,1-5H3,(H,26,29). The van der Waals surface area contributed by atoms with Gasteiger partial charge < -0.3 is 10.1 Å². The third kappa shape index (κ3) is 5.23. The van der Waals surface area contributed by atoms with Crippen molar-refractivity contribution in [2.24, 2.45) is 4.99 Å². The highest BCUT2D eigenvalue weighted by Crippen LogP contribution is 2.31. The number of amides is 1. The Morgan fingerprint density at radius 2 is 1.93 bits per heavy atom. The number of Topliss-reactive ketones (excluding diaryl/α,β-unsaturated/α-hetero) is 1. The van der Waals surface area contributed by atoms with Gasteiger partial charge in [0, 0.05) is 22.9 Å². The Labute approximate surface area is 177 Å². The van der Waals surface area contributed by atoms with Crippen LogP contribution in [0.2, 0.25) is 0 Å². The highest BCUT2D eigenvalue weighted by atomic mass is 16.5. The van der Waals surface area contributed by atoms with E-state index in [0.29, 0.717) is 11.3 Å². The molecule has 0 saturated heterocycles. The van der Waals surface area contributed by atoms with Crippen molar-refractivity contribution in [2.45, 2.75) is 46.1 Å². The quantitative estimate of drug-likeness (QED) is 0.544. The lowest BCUT2D eigenvalue weighted by atomic mass is 9.85. The number of ketones is 1. The molecule has 0 atom stereocenters. The number of hydrogen-bond acceptors (Lipinski definition) is 4. The zero-order valence-electron chi connectivity index (χ0n) is 18.2. The van der Waals surface area contributed by atoms with Crippen molar-refractivity contribution in [2.75, 3.05) is 12.4 Å². The molecule has 5 nitrogen and oxygen atoms in total. The summed E-state index contributed by atoms with van der Waals surface area (Å²) in [6.07, 6.45) is 2.53. The minimum Gasteiger partial charge on any atom is -0.497 e. The maximum absolute atomic E-state index is 13.1. The summed E-state index contributed by atoms with van der Waals surface area (Å²) in [5.41, 5.74) is 4.68. The summed E-state index contributed by atoms with van der Waals surface area (Å²) in [7, 11) is 1.63. The highest BCUT2D eigenvalue weighted by Gasteiger charge is 2.28. The van der Waals surface area contributed by atoms with E-state index in [9.17, 15) is 9.59 Å². The summed E-state index contributed by atoms with van der Waals surface area (Å²) < 4.78 is 5.37. The molecule has 3 rings (SSSR count). The minimum atomic E-state index is -0.266. The van der Waals surface area contributed by atoms with E-state index >= 15 is 0 Å². The van der Waals surface area contributed by atoms with E-state index in [1.165, 1.54) is 11.6 Å². The van der Waals surface area contributed by atoms with Gasteiger partial charge in [-0.05, 0) is 63.9 Å². The topological polar surface area (TPSA) is 67.8 Å². The van der Waals surface area contributed by atoms with Crippen LogP contribution in [0.15, 0.2) is 59.1 Å². The molecule has 0 spiro atoms. The third-order valence-electron chi connectivity index (χ3n) is 4.89. The van der Waals surface area contributed by atoms with Crippen molar-refractivity contribution >= 4 is 23.1 Å². The summed E-state index contributed by atoms with van der Waals surface area (Å²) in [6.45, 7) is 7.87. The number of carbonyl (C=O) groups excluding carboxylic acids is 2. The number of anilines is 1. The number of nitrogens with zero attached hydrogens (tertiary/aromatic N) is 1. The normalized spacial score (nSPS) is 14.2. The summed E-state index contributed by atoms with van der Waals surface area (Å²) in [4.78, 5) is 29.9. The Morgan fingerprint density at radius 3 is 2.63 bits per heavy atom. The Kier molecular flexibility index (Phi) is 6.20. The molecule has 0 fully saturated rings. The van der Waals surface area contributed by atoms with E-state index in [1.54, 1.807) is 31.4 Å². The molecule has 1 amide bonds. The number of nitrogens with one attached hydrogen (secondary N) is 1. The molecule has 0 unspecified atom stereocenters. The van der Waals surface area contributed by atoms with Gasteiger partial charge in [0.25, 0.3) is 0 Å². The minimum absolute atomic E-state index is 0.0430. The smallest absolute Gasteiger partial charge is 0.248 e. The van der Waals surface area contributed by atoms with Gasteiger partial charge >= 0.3 is 0 Å². The number of carbonyl (C=O) groups is 2. The first-order chi connectivity index (χ1) is 14.2. The zero-order valence-corrected chi connectivity index (χ0v) is 18.2. The van der Waals surface area contributed by atoms with Crippen LogP contribution in [0.1, 0.15) is 55.6 Å². The molecule has 0 aliphatic carbocycles. The Hall–Kier alpha value is -3.21. The molecular weight excluding hydrogens is 376 g/mol. The number of ether oxygens (including phenoxy) is 1. The molecule has 0 aromatic heterocycles. The highest BCUT2D eigenvalue weighted by molar-refractivity contribution is 6.17. The van der Waals surface area contributed by atoms with E-state index in [1.807, 2.05) is 26.0 Å². The van der Waals surface area contributed by atoms with Gasteiger partial charge in [0.1, 0.15) is 5.75 Å². The van der Waals surface area contributed by atoms with Crippen LogP contribution in [0, 0.1) is 0 Å². The van der Waals surface area contributed by atoms with Crippen LogP contribution in [0.5, 0.6) is 5.75 Å². The summed E-state index contributed by atoms with van der Waals surface area (Å²) >= 11 is 0. The molecule has 5 heteroatoms. The fourth-order valence-corrected chi connectivity index (χ4v) is 3.64. The molecule has 0 radical (unpaired) electrons. The maximum Gasteiger partial charge on any atom is 0.248 e. The average Bonchev–Trinajstić information content (AvgIpc) is 2.66. The predicted octanol–water partition coefficient (Wildman–Crippen LogP) is 5.00. The number of allylic oxidation sites excluding steroid dienone is 1. The third-order valence-corrected chi connectivity index (χ3v) is 4.89. The zero-order chi connectivity index (χ0) is 21.9. The first kappa shape index (κ1) is 21.5. The fraction of sp³-hybridized carbons (Fsp3) is 0.320. The fourth-order valence-electron chi connectivity index (χ4n) is 3.64. The van der Waals surface area contributed by atoms with E-state index < -0.39 is 0 Å². The number of fused-ring (bicyclic) bond motifs is 1. The second kappa shape index (κ2) is 8.66. The summed E-state index contributed by atoms with van der Waals surface area (Å²) in [6, 6.07) is 13.0. The van der Waals surface area contributed by atoms with E-state index in [0.717, 1.165) is 29.0 Å². The molecule has 1 aliphatic heterocycles. The number of hydrogen-bond donors (Lipinski definition) is 1. The molecule has 1 aliphatic rings. The first-order valence-electron chi connectivity index (χ1n) is 10.0. The first-order valence-corrected chi connectivity index (χ1v) is 10.0. The van der Waals surface area contributed by atoms with Gasteiger partial charge in [-0.25, -0.2) is 0 Å². The van der Waals surface area contributed by atoms with E-state index in [-0.39, 0.29) is 23.7 Å². The van der Waals surface area contributed by atoms with Gasteiger partial charge in [0.15, 0.2) is 5.78 Å². The van der Waals surface area contributed by atoms with Crippen LogP contribution < -0.4 is 10.1 Å². The van der Waals surface area contributed by atoms with Crippen molar-refractivity contribution in [3.8, 4) is 5.75 Å². The van der Waals surface area contributed by atoms with Crippen molar-refractivity contribution in [1.82, 2.24) is 0 Å². The molecule has 1 heterocycles. The number of benzene rings is 2. The van der Waals surface area contributed by atoms with Crippen LogP contribution in [0.3, 0.4) is 0 Å². The lowest BCUT2D eigenvalue weighted by molar-refractivity contribution is -0.111. The number of aliphatic imine (C=N–C) groups is 1. The second-order valence-corrected chi connectivity index (χ2v) is 8.46. The number of methoxy groups -OCH3 is 1. The van der Waals surface area contributed by atoms with Gasteiger partial charge in [0.2, 0.25) is 5.91 Å². The second-order valence-electron chi connectivity index (χ2n) is 8.46. The van der Waals surface area contributed by atoms with Gasteiger partial charge in [-0.1, -0.05) is 23.8 Å². The maximum atomic E-state index is 13.1. The van der Waals surface area contributed by atoms with Crippen LogP contribution in [0.25, 0.3) is 0 Å². The molecule has 2 aromatic rings. The molecule has 0 bridgehead atoms.